The molecule has 0 radical (unpaired) electrons. The molecule has 0 saturated carbocycles. The van der Waals surface area contributed by atoms with E-state index in [-0.39, 0.29) is 24.4 Å². The molecule has 1 heterocycles. The molecule has 0 aliphatic carbocycles. The predicted molar refractivity (Wildman–Crippen MR) is 109 cm³/mol. The number of para-hydroxylation sites is 1. The zero-order chi connectivity index (χ0) is 21.0. The molecule has 0 unspecified atom stereocenters. The number of carbonyl (C=O) groups is 1. The molecule has 0 aliphatic heterocycles. The SMILES string of the molecule is COc1cc(CC(=O)N(C)Cc2nc3ccccc3c(=O)[nH]2)cc(OC)c1OC. The van der Waals surface area contributed by atoms with Crippen LogP contribution in [0.4, 0.5) is 0 Å². The molecule has 3 rings (SSSR count). The number of fused-ring (bicyclic) bond motifs is 1. The third-order valence-electron chi connectivity index (χ3n) is 4.55. The van der Waals surface area contributed by atoms with Gasteiger partial charge in [-0.1, -0.05) is 12.1 Å². The van der Waals surface area contributed by atoms with Crippen molar-refractivity contribution in [3.8, 4) is 17.2 Å². The number of aromatic amines is 1. The first kappa shape index (κ1) is 20.2. The summed E-state index contributed by atoms with van der Waals surface area (Å²) in [5, 5.41) is 0.516. The van der Waals surface area contributed by atoms with Crippen LogP contribution < -0.4 is 19.8 Å². The number of aromatic nitrogens is 2. The summed E-state index contributed by atoms with van der Waals surface area (Å²) in [4.78, 5) is 33.6. The number of nitrogens with one attached hydrogen (secondary N) is 1. The molecule has 2 aromatic carbocycles. The summed E-state index contributed by atoms with van der Waals surface area (Å²) in [5.41, 5.74) is 1.09. The number of ether oxygens (including phenoxy) is 3. The average Bonchev–Trinajstić information content (AvgIpc) is 2.72. The van der Waals surface area contributed by atoms with E-state index in [1.807, 2.05) is 6.07 Å². The molecule has 0 bridgehead atoms. The quantitative estimate of drug-likeness (QED) is 0.657. The summed E-state index contributed by atoms with van der Waals surface area (Å²) in [6, 6.07) is 10.6. The Hall–Kier alpha value is -3.55. The molecule has 152 valence electrons. The second-order valence-corrected chi connectivity index (χ2v) is 6.49. The van der Waals surface area contributed by atoms with Crippen molar-refractivity contribution in [3.63, 3.8) is 0 Å². The number of rotatable bonds is 7. The minimum absolute atomic E-state index is 0.130. The number of likely N-dealkylation sites (N-methyl/N-ethyl adjacent to an activating group) is 1. The van der Waals surface area contributed by atoms with Crippen LogP contribution in [0.3, 0.4) is 0 Å². The van der Waals surface area contributed by atoms with Crippen LogP contribution in [0.25, 0.3) is 10.9 Å². The van der Waals surface area contributed by atoms with Gasteiger partial charge in [0, 0.05) is 7.05 Å². The lowest BCUT2D eigenvalue weighted by Gasteiger charge is -2.18. The normalized spacial score (nSPS) is 10.6. The van der Waals surface area contributed by atoms with Gasteiger partial charge in [0.05, 0.1) is 45.2 Å². The van der Waals surface area contributed by atoms with E-state index in [2.05, 4.69) is 9.97 Å². The van der Waals surface area contributed by atoms with Crippen molar-refractivity contribution in [2.75, 3.05) is 28.4 Å². The third kappa shape index (κ3) is 4.31. The van der Waals surface area contributed by atoms with Gasteiger partial charge in [-0.05, 0) is 29.8 Å². The van der Waals surface area contributed by atoms with E-state index in [1.165, 1.54) is 26.2 Å². The highest BCUT2D eigenvalue weighted by Crippen LogP contribution is 2.38. The number of methoxy groups -OCH3 is 3. The molecule has 1 amide bonds. The van der Waals surface area contributed by atoms with E-state index in [0.29, 0.717) is 34.0 Å². The minimum Gasteiger partial charge on any atom is -0.493 e. The highest BCUT2D eigenvalue weighted by atomic mass is 16.5. The summed E-state index contributed by atoms with van der Waals surface area (Å²) in [7, 11) is 6.24. The number of hydrogen-bond acceptors (Lipinski definition) is 6. The molecule has 0 aliphatic rings. The van der Waals surface area contributed by atoms with E-state index in [1.54, 1.807) is 37.4 Å². The van der Waals surface area contributed by atoms with Crippen LogP contribution in [0.2, 0.25) is 0 Å². The summed E-state index contributed by atoms with van der Waals surface area (Å²) < 4.78 is 16.0. The molecule has 1 N–H and O–H groups in total. The number of amides is 1. The van der Waals surface area contributed by atoms with Gasteiger partial charge in [-0.25, -0.2) is 4.98 Å². The largest absolute Gasteiger partial charge is 0.493 e. The Morgan fingerprint density at radius 3 is 2.34 bits per heavy atom. The third-order valence-corrected chi connectivity index (χ3v) is 4.55. The first-order chi connectivity index (χ1) is 14.0. The molecule has 0 fully saturated rings. The van der Waals surface area contributed by atoms with Crippen molar-refractivity contribution < 1.29 is 19.0 Å². The van der Waals surface area contributed by atoms with Crippen LogP contribution in [0, 0.1) is 0 Å². The summed E-state index contributed by atoms with van der Waals surface area (Å²) in [5.74, 6) is 1.72. The Balaban J connectivity index is 1.78. The lowest BCUT2D eigenvalue weighted by molar-refractivity contribution is -0.129. The number of benzene rings is 2. The number of H-pyrrole nitrogens is 1. The lowest BCUT2D eigenvalue weighted by atomic mass is 10.1. The van der Waals surface area contributed by atoms with Crippen LogP contribution >= 0.6 is 0 Å². The summed E-state index contributed by atoms with van der Waals surface area (Å²) in [6.07, 6.45) is 0.130. The molecule has 8 heteroatoms. The van der Waals surface area contributed by atoms with Crippen molar-refractivity contribution in [3.05, 3.63) is 58.1 Å². The molecule has 0 spiro atoms. The fraction of sp³-hybridized carbons (Fsp3) is 0.286. The van der Waals surface area contributed by atoms with Gasteiger partial charge in [-0.2, -0.15) is 0 Å². The minimum atomic E-state index is -0.226. The fourth-order valence-corrected chi connectivity index (χ4v) is 3.07. The predicted octanol–water partition coefficient (Wildman–Crippen LogP) is 2.15. The molecule has 8 nitrogen and oxygen atoms in total. The van der Waals surface area contributed by atoms with E-state index in [0.717, 1.165) is 5.56 Å². The summed E-state index contributed by atoms with van der Waals surface area (Å²) >= 11 is 0. The Bertz CT molecular complexity index is 1070. The monoisotopic (exact) mass is 397 g/mol. The van der Waals surface area contributed by atoms with E-state index in [4.69, 9.17) is 14.2 Å². The molecular formula is C21H23N3O5. The topological polar surface area (TPSA) is 93.8 Å². The van der Waals surface area contributed by atoms with Crippen LogP contribution in [0.15, 0.2) is 41.2 Å². The zero-order valence-corrected chi connectivity index (χ0v) is 16.8. The number of nitrogens with zero attached hydrogens (tertiary/aromatic N) is 2. The van der Waals surface area contributed by atoms with Gasteiger partial charge in [-0.3, -0.25) is 9.59 Å². The fourth-order valence-electron chi connectivity index (χ4n) is 3.07. The van der Waals surface area contributed by atoms with Crippen molar-refractivity contribution in [1.29, 1.82) is 0 Å². The van der Waals surface area contributed by atoms with Gasteiger partial charge >= 0.3 is 0 Å². The smallest absolute Gasteiger partial charge is 0.258 e. The van der Waals surface area contributed by atoms with E-state index in [9.17, 15) is 9.59 Å². The van der Waals surface area contributed by atoms with Crippen molar-refractivity contribution >= 4 is 16.8 Å². The van der Waals surface area contributed by atoms with Crippen LogP contribution in [-0.4, -0.2) is 49.2 Å². The average molecular weight is 397 g/mol. The van der Waals surface area contributed by atoms with Crippen molar-refractivity contribution in [1.82, 2.24) is 14.9 Å². The van der Waals surface area contributed by atoms with Gasteiger partial charge in [0.1, 0.15) is 5.82 Å². The van der Waals surface area contributed by atoms with Crippen LogP contribution in [-0.2, 0) is 17.8 Å². The zero-order valence-electron chi connectivity index (χ0n) is 16.8. The standard InChI is InChI=1S/C21H23N3O5/c1-24(12-18-22-15-8-6-5-7-14(15)21(26)23-18)19(25)11-13-9-16(27-2)20(29-4)17(10-13)28-3/h5-10H,11-12H2,1-4H3,(H,22,23,26). The molecule has 29 heavy (non-hydrogen) atoms. The van der Waals surface area contributed by atoms with Gasteiger partial charge < -0.3 is 24.1 Å². The second-order valence-electron chi connectivity index (χ2n) is 6.49. The van der Waals surface area contributed by atoms with Crippen LogP contribution in [0.5, 0.6) is 17.2 Å². The summed E-state index contributed by atoms with van der Waals surface area (Å²) in [6.45, 7) is 0.184. The highest BCUT2D eigenvalue weighted by Gasteiger charge is 2.17. The Morgan fingerprint density at radius 1 is 1.07 bits per heavy atom. The lowest BCUT2D eigenvalue weighted by Crippen LogP contribution is -2.29. The Morgan fingerprint density at radius 2 is 1.72 bits per heavy atom. The molecule has 0 saturated heterocycles. The molecule has 1 aromatic heterocycles. The Labute approximate surface area is 168 Å². The molecule has 3 aromatic rings. The van der Waals surface area contributed by atoms with Crippen LogP contribution in [0.1, 0.15) is 11.4 Å². The van der Waals surface area contributed by atoms with Crippen molar-refractivity contribution in [2.45, 2.75) is 13.0 Å². The molecule has 0 atom stereocenters. The first-order valence-electron chi connectivity index (χ1n) is 8.97. The van der Waals surface area contributed by atoms with Crippen molar-refractivity contribution in [2.24, 2.45) is 0 Å². The number of hydrogen-bond donors (Lipinski definition) is 1. The maximum Gasteiger partial charge on any atom is 0.258 e. The first-order valence-corrected chi connectivity index (χ1v) is 8.97. The number of carbonyl (C=O) groups excluding carboxylic acids is 1. The second kappa shape index (κ2) is 8.64. The maximum absolute atomic E-state index is 12.7. The van der Waals surface area contributed by atoms with Gasteiger partial charge in [0.15, 0.2) is 11.5 Å². The molecular weight excluding hydrogens is 374 g/mol. The van der Waals surface area contributed by atoms with E-state index >= 15 is 0 Å². The highest BCUT2D eigenvalue weighted by molar-refractivity contribution is 5.79. The Kier molecular flexibility index (Phi) is 6.01. The van der Waals surface area contributed by atoms with Gasteiger partial charge in [-0.15, -0.1) is 0 Å². The van der Waals surface area contributed by atoms with E-state index < -0.39 is 0 Å². The maximum atomic E-state index is 12.7. The van der Waals surface area contributed by atoms with Gasteiger partial charge in [0.25, 0.3) is 5.56 Å². The van der Waals surface area contributed by atoms with Gasteiger partial charge in [0.2, 0.25) is 11.7 Å².